The van der Waals surface area contributed by atoms with Gasteiger partial charge in [-0.1, -0.05) is 0 Å². The summed E-state index contributed by atoms with van der Waals surface area (Å²) >= 11 is 0. The quantitative estimate of drug-likeness (QED) is 0.750. The fraction of sp³-hybridized carbons (Fsp3) is 0.111. The molecule has 74 valence electrons. The number of rotatable bonds is 3. The summed E-state index contributed by atoms with van der Waals surface area (Å²) in [6.45, 7) is 0. The van der Waals surface area contributed by atoms with Crippen LogP contribution in [0.15, 0.2) is 12.1 Å². The Labute approximate surface area is 78.0 Å². The van der Waals surface area contributed by atoms with Gasteiger partial charge in [-0.3, -0.25) is 0 Å². The zero-order chi connectivity index (χ0) is 10.7. The molecule has 0 aliphatic carbocycles. The summed E-state index contributed by atoms with van der Waals surface area (Å²) in [5.41, 5.74) is -0.889. The third-order valence-electron chi connectivity index (χ3n) is 1.68. The summed E-state index contributed by atoms with van der Waals surface area (Å²) in [7, 11) is 0. The molecule has 1 aromatic rings. The van der Waals surface area contributed by atoms with Crippen molar-refractivity contribution in [3.05, 3.63) is 34.9 Å². The highest BCUT2D eigenvalue weighted by atomic mass is 19.1. The van der Waals surface area contributed by atoms with Crippen LogP contribution in [0, 0.1) is 11.6 Å². The number of carboxylic acid groups (broad SMARTS) is 1. The fourth-order valence-corrected chi connectivity index (χ4v) is 1.00. The number of carbonyl (C=O) groups is 2. The Kier molecular flexibility index (Phi) is 2.91. The van der Waals surface area contributed by atoms with Gasteiger partial charge < -0.3 is 9.90 Å². The van der Waals surface area contributed by atoms with Crippen molar-refractivity contribution in [1.29, 1.82) is 0 Å². The predicted molar refractivity (Wildman–Crippen MR) is 43.1 cm³/mol. The van der Waals surface area contributed by atoms with Crippen LogP contribution in [-0.2, 0) is 11.2 Å². The normalized spacial score (nSPS) is 9.86. The molecule has 0 unspecified atom stereocenters. The number of hydrogen-bond acceptors (Lipinski definition) is 2. The van der Waals surface area contributed by atoms with Gasteiger partial charge in [0.1, 0.15) is 17.9 Å². The summed E-state index contributed by atoms with van der Waals surface area (Å²) in [5, 5.41) is 8.45. The summed E-state index contributed by atoms with van der Waals surface area (Å²) in [6, 6.07) is 1.37. The molecule has 3 nitrogen and oxygen atoms in total. The van der Waals surface area contributed by atoms with Crippen molar-refractivity contribution in [3.63, 3.8) is 0 Å². The number of carboxylic acids is 1. The van der Waals surface area contributed by atoms with Gasteiger partial charge >= 0.3 is 5.97 Å². The van der Waals surface area contributed by atoms with Crippen LogP contribution in [0.2, 0.25) is 0 Å². The number of benzene rings is 1. The lowest BCUT2D eigenvalue weighted by atomic mass is 10.1. The second-order valence-electron chi connectivity index (χ2n) is 2.59. The molecular weight excluding hydrogens is 194 g/mol. The lowest BCUT2D eigenvalue weighted by Crippen LogP contribution is -2.03. The van der Waals surface area contributed by atoms with E-state index >= 15 is 0 Å². The maximum atomic E-state index is 13.0. The first-order chi connectivity index (χ1) is 6.56. The zero-order valence-corrected chi connectivity index (χ0v) is 6.96. The van der Waals surface area contributed by atoms with Crippen molar-refractivity contribution in [3.8, 4) is 0 Å². The zero-order valence-electron chi connectivity index (χ0n) is 6.96. The van der Waals surface area contributed by atoms with Gasteiger partial charge in [0.2, 0.25) is 0 Å². The van der Waals surface area contributed by atoms with Crippen LogP contribution < -0.4 is 0 Å². The molecule has 0 heterocycles. The van der Waals surface area contributed by atoms with E-state index in [1.54, 1.807) is 0 Å². The molecular formula is C9H6F2O3. The van der Waals surface area contributed by atoms with Crippen LogP contribution >= 0.6 is 0 Å². The van der Waals surface area contributed by atoms with E-state index in [-0.39, 0.29) is 0 Å². The van der Waals surface area contributed by atoms with Crippen molar-refractivity contribution < 1.29 is 23.5 Å². The third kappa shape index (κ3) is 1.93. The Bertz CT molecular complexity index is 365. The van der Waals surface area contributed by atoms with E-state index < -0.39 is 35.2 Å². The summed E-state index contributed by atoms with van der Waals surface area (Å²) in [5.74, 6) is -3.45. The number of carbonyl (C=O) groups excluding carboxylic acids is 1. The maximum Gasteiger partial charge on any atom is 0.335 e. The van der Waals surface area contributed by atoms with Gasteiger partial charge in [0, 0.05) is 12.0 Å². The van der Waals surface area contributed by atoms with Gasteiger partial charge in [-0.25, -0.2) is 13.6 Å². The van der Waals surface area contributed by atoms with Crippen molar-refractivity contribution in [2.45, 2.75) is 6.42 Å². The highest BCUT2D eigenvalue weighted by Crippen LogP contribution is 2.15. The van der Waals surface area contributed by atoms with Gasteiger partial charge in [-0.2, -0.15) is 0 Å². The fourth-order valence-electron chi connectivity index (χ4n) is 1.00. The molecule has 1 aromatic carbocycles. The largest absolute Gasteiger partial charge is 0.478 e. The monoisotopic (exact) mass is 200 g/mol. The van der Waals surface area contributed by atoms with Crippen molar-refractivity contribution >= 4 is 12.3 Å². The Morgan fingerprint density at radius 1 is 1.36 bits per heavy atom. The molecule has 0 aromatic heterocycles. The third-order valence-corrected chi connectivity index (χ3v) is 1.68. The smallest absolute Gasteiger partial charge is 0.335 e. The number of aldehydes is 1. The molecule has 1 N–H and O–H groups in total. The first kappa shape index (κ1) is 10.3. The van der Waals surface area contributed by atoms with E-state index in [0.717, 1.165) is 0 Å². The van der Waals surface area contributed by atoms with Gasteiger partial charge in [0.15, 0.2) is 0 Å². The lowest BCUT2D eigenvalue weighted by Gasteiger charge is -2.02. The number of aromatic carboxylic acids is 1. The Hall–Kier alpha value is -1.78. The lowest BCUT2D eigenvalue weighted by molar-refractivity contribution is -0.107. The average molecular weight is 200 g/mol. The number of halogens is 2. The van der Waals surface area contributed by atoms with E-state index in [1.807, 2.05) is 0 Å². The molecule has 5 heteroatoms. The summed E-state index contributed by atoms with van der Waals surface area (Å²) in [6.07, 6.45) is -0.0561. The molecule has 0 amide bonds. The average Bonchev–Trinajstić information content (AvgIpc) is 2.10. The Morgan fingerprint density at radius 3 is 2.21 bits per heavy atom. The van der Waals surface area contributed by atoms with Crippen molar-refractivity contribution in [1.82, 2.24) is 0 Å². The Balaban J connectivity index is 3.24. The molecule has 0 bridgehead atoms. The van der Waals surface area contributed by atoms with E-state index in [9.17, 15) is 18.4 Å². The highest BCUT2D eigenvalue weighted by Gasteiger charge is 2.13. The molecule has 0 fully saturated rings. The number of hydrogen-bond donors (Lipinski definition) is 1. The van der Waals surface area contributed by atoms with Crippen LogP contribution in [-0.4, -0.2) is 17.4 Å². The van der Waals surface area contributed by atoms with Crippen LogP contribution in [0.3, 0.4) is 0 Å². The first-order valence-electron chi connectivity index (χ1n) is 3.71. The van der Waals surface area contributed by atoms with Gasteiger partial charge in [-0.15, -0.1) is 0 Å². The molecule has 0 aliphatic rings. The SMILES string of the molecule is O=CCc1c(F)cc(C(=O)O)cc1F. The van der Waals surface area contributed by atoms with E-state index in [1.165, 1.54) is 0 Å². The van der Waals surface area contributed by atoms with E-state index in [0.29, 0.717) is 18.4 Å². The molecule has 0 spiro atoms. The van der Waals surface area contributed by atoms with Crippen LogP contribution in [0.4, 0.5) is 8.78 Å². The summed E-state index contributed by atoms with van der Waals surface area (Å²) in [4.78, 5) is 20.4. The van der Waals surface area contributed by atoms with E-state index in [4.69, 9.17) is 5.11 Å². The van der Waals surface area contributed by atoms with Crippen molar-refractivity contribution in [2.75, 3.05) is 0 Å². The minimum atomic E-state index is -1.42. The molecule has 0 saturated carbocycles. The molecule has 0 saturated heterocycles. The molecule has 0 aliphatic heterocycles. The molecule has 0 atom stereocenters. The topological polar surface area (TPSA) is 54.4 Å². The molecule has 0 radical (unpaired) electrons. The second kappa shape index (κ2) is 3.95. The van der Waals surface area contributed by atoms with Gasteiger partial charge in [-0.05, 0) is 12.1 Å². The van der Waals surface area contributed by atoms with Crippen molar-refractivity contribution in [2.24, 2.45) is 0 Å². The minimum Gasteiger partial charge on any atom is -0.478 e. The van der Waals surface area contributed by atoms with Crippen LogP contribution in [0.5, 0.6) is 0 Å². The first-order valence-corrected chi connectivity index (χ1v) is 3.71. The highest BCUT2D eigenvalue weighted by molar-refractivity contribution is 5.87. The maximum absolute atomic E-state index is 13.0. The van der Waals surface area contributed by atoms with Gasteiger partial charge in [0.25, 0.3) is 0 Å². The van der Waals surface area contributed by atoms with Crippen LogP contribution in [0.1, 0.15) is 15.9 Å². The van der Waals surface area contributed by atoms with Crippen LogP contribution in [0.25, 0.3) is 0 Å². The van der Waals surface area contributed by atoms with E-state index in [2.05, 4.69) is 0 Å². The standard InChI is InChI=1S/C9H6F2O3/c10-7-3-5(9(13)14)4-8(11)6(7)1-2-12/h2-4H,1H2,(H,13,14). The Morgan fingerprint density at radius 2 is 1.86 bits per heavy atom. The minimum absolute atomic E-state index is 0.349. The van der Waals surface area contributed by atoms with Gasteiger partial charge in [0.05, 0.1) is 5.56 Å². The molecule has 1 rings (SSSR count). The summed E-state index contributed by atoms with van der Waals surface area (Å²) < 4.78 is 26.0. The molecule has 14 heavy (non-hydrogen) atoms. The predicted octanol–water partition coefficient (Wildman–Crippen LogP) is 1.40. The second-order valence-corrected chi connectivity index (χ2v) is 2.59.